The van der Waals surface area contributed by atoms with Gasteiger partial charge < -0.3 is 4.90 Å². The van der Waals surface area contributed by atoms with Crippen molar-refractivity contribution in [2.45, 2.75) is 6.42 Å². The Morgan fingerprint density at radius 2 is 2.46 bits per heavy atom. The summed E-state index contributed by atoms with van der Waals surface area (Å²) >= 11 is 1.72. The zero-order chi connectivity index (χ0) is 9.26. The molecule has 0 bridgehead atoms. The van der Waals surface area contributed by atoms with Crippen LogP contribution in [0, 0.1) is 0 Å². The van der Waals surface area contributed by atoms with Crippen LogP contribution >= 0.6 is 11.3 Å². The van der Waals surface area contributed by atoms with E-state index in [2.05, 4.69) is 18.0 Å². The Kier molecular flexibility index (Phi) is 2.19. The van der Waals surface area contributed by atoms with E-state index in [0.29, 0.717) is 6.54 Å². The number of amides is 1. The molecule has 1 aliphatic rings. The van der Waals surface area contributed by atoms with E-state index in [0.717, 1.165) is 24.9 Å². The third-order valence-electron chi connectivity index (χ3n) is 2.28. The molecule has 0 atom stereocenters. The standard InChI is InChI=1S/C10H11NOS/c1-8-6-11(7-12)4-2-9-3-5-13-10(8)9/h3,5,7H,1-2,4,6H2. The van der Waals surface area contributed by atoms with Crippen LogP contribution in [0.2, 0.25) is 0 Å². The average Bonchev–Trinajstić information content (AvgIpc) is 2.54. The van der Waals surface area contributed by atoms with E-state index < -0.39 is 0 Å². The summed E-state index contributed by atoms with van der Waals surface area (Å²) in [6.45, 7) is 5.49. The highest BCUT2D eigenvalue weighted by Gasteiger charge is 2.15. The van der Waals surface area contributed by atoms with E-state index in [-0.39, 0.29) is 0 Å². The first-order valence-electron chi connectivity index (χ1n) is 4.25. The third-order valence-corrected chi connectivity index (χ3v) is 3.34. The first-order chi connectivity index (χ1) is 6.31. The molecule has 0 aromatic carbocycles. The minimum atomic E-state index is 0.678. The molecule has 0 radical (unpaired) electrons. The Bertz CT molecular complexity index is 342. The van der Waals surface area contributed by atoms with Crippen molar-refractivity contribution in [3.63, 3.8) is 0 Å². The molecule has 1 aromatic rings. The van der Waals surface area contributed by atoms with Crippen LogP contribution in [0.25, 0.3) is 5.57 Å². The van der Waals surface area contributed by atoms with Gasteiger partial charge in [-0.05, 0) is 29.0 Å². The fourth-order valence-electron chi connectivity index (χ4n) is 1.59. The molecule has 0 N–H and O–H groups in total. The fourth-order valence-corrected chi connectivity index (χ4v) is 2.51. The average molecular weight is 193 g/mol. The van der Waals surface area contributed by atoms with Crippen molar-refractivity contribution in [3.05, 3.63) is 28.5 Å². The second-order valence-corrected chi connectivity index (χ2v) is 4.12. The first kappa shape index (κ1) is 8.51. The summed E-state index contributed by atoms with van der Waals surface area (Å²) in [5.74, 6) is 0. The molecule has 0 saturated carbocycles. The molecule has 3 heteroatoms. The van der Waals surface area contributed by atoms with Gasteiger partial charge in [-0.25, -0.2) is 0 Å². The van der Waals surface area contributed by atoms with E-state index in [9.17, 15) is 4.79 Å². The minimum absolute atomic E-state index is 0.678. The minimum Gasteiger partial charge on any atom is -0.341 e. The molecule has 0 spiro atoms. The number of thiophene rings is 1. The van der Waals surface area contributed by atoms with E-state index in [1.165, 1.54) is 10.4 Å². The number of carbonyl (C=O) groups excluding carboxylic acids is 1. The normalized spacial score (nSPS) is 16.6. The zero-order valence-corrected chi connectivity index (χ0v) is 8.14. The Morgan fingerprint density at radius 3 is 3.23 bits per heavy atom. The number of rotatable bonds is 1. The van der Waals surface area contributed by atoms with Gasteiger partial charge in [-0.15, -0.1) is 11.3 Å². The second-order valence-electron chi connectivity index (χ2n) is 3.20. The predicted octanol–water partition coefficient (Wildman–Crippen LogP) is 1.78. The number of hydrogen-bond donors (Lipinski definition) is 0. The van der Waals surface area contributed by atoms with Crippen LogP contribution in [-0.2, 0) is 11.2 Å². The van der Waals surface area contributed by atoms with Crippen molar-refractivity contribution in [2.75, 3.05) is 13.1 Å². The highest BCUT2D eigenvalue weighted by Crippen LogP contribution is 2.27. The van der Waals surface area contributed by atoms with Gasteiger partial charge in [0, 0.05) is 18.0 Å². The Labute approximate surface area is 81.5 Å². The second kappa shape index (κ2) is 3.34. The van der Waals surface area contributed by atoms with E-state index >= 15 is 0 Å². The molecule has 1 amide bonds. The van der Waals surface area contributed by atoms with Crippen LogP contribution in [0.4, 0.5) is 0 Å². The summed E-state index contributed by atoms with van der Waals surface area (Å²) in [6.07, 6.45) is 1.86. The van der Waals surface area contributed by atoms with Crippen molar-refractivity contribution in [3.8, 4) is 0 Å². The van der Waals surface area contributed by atoms with Crippen LogP contribution in [0.1, 0.15) is 10.4 Å². The molecule has 1 aromatic heterocycles. The highest BCUT2D eigenvalue weighted by molar-refractivity contribution is 7.11. The molecular formula is C10H11NOS. The molecule has 2 heterocycles. The van der Waals surface area contributed by atoms with Crippen LogP contribution in [0.3, 0.4) is 0 Å². The quantitative estimate of drug-likeness (QED) is 0.622. The summed E-state index contributed by atoms with van der Waals surface area (Å²) in [6, 6.07) is 2.12. The Morgan fingerprint density at radius 1 is 1.62 bits per heavy atom. The SMILES string of the molecule is C=C1CN(C=O)CCc2ccsc21. The lowest BCUT2D eigenvalue weighted by atomic mass is 10.1. The fraction of sp³-hybridized carbons (Fsp3) is 0.300. The van der Waals surface area contributed by atoms with E-state index in [1.807, 2.05) is 0 Å². The summed E-state index contributed by atoms with van der Waals surface area (Å²) in [5.41, 5.74) is 2.40. The van der Waals surface area contributed by atoms with Gasteiger partial charge in [-0.1, -0.05) is 6.58 Å². The number of carbonyl (C=O) groups is 1. The summed E-state index contributed by atoms with van der Waals surface area (Å²) in [5, 5.41) is 2.09. The summed E-state index contributed by atoms with van der Waals surface area (Å²) in [4.78, 5) is 13.7. The summed E-state index contributed by atoms with van der Waals surface area (Å²) < 4.78 is 0. The number of nitrogens with zero attached hydrogens (tertiary/aromatic N) is 1. The lowest BCUT2D eigenvalue weighted by Gasteiger charge is -2.13. The van der Waals surface area contributed by atoms with Crippen LogP contribution in [-0.4, -0.2) is 24.4 Å². The van der Waals surface area contributed by atoms with Gasteiger partial charge in [0.1, 0.15) is 0 Å². The van der Waals surface area contributed by atoms with Gasteiger partial charge in [0.25, 0.3) is 0 Å². The largest absolute Gasteiger partial charge is 0.341 e. The number of fused-ring (bicyclic) bond motifs is 1. The molecule has 2 nitrogen and oxygen atoms in total. The smallest absolute Gasteiger partial charge is 0.210 e. The molecule has 0 aliphatic carbocycles. The van der Waals surface area contributed by atoms with Gasteiger partial charge in [0.2, 0.25) is 6.41 Å². The van der Waals surface area contributed by atoms with Gasteiger partial charge in [-0.3, -0.25) is 4.79 Å². The van der Waals surface area contributed by atoms with Crippen molar-refractivity contribution < 1.29 is 4.79 Å². The molecule has 68 valence electrons. The van der Waals surface area contributed by atoms with Crippen LogP contribution in [0.5, 0.6) is 0 Å². The van der Waals surface area contributed by atoms with Crippen molar-refractivity contribution in [2.24, 2.45) is 0 Å². The molecule has 0 fully saturated rings. The van der Waals surface area contributed by atoms with Crippen molar-refractivity contribution in [1.82, 2.24) is 4.90 Å². The topological polar surface area (TPSA) is 20.3 Å². The van der Waals surface area contributed by atoms with E-state index in [4.69, 9.17) is 0 Å². The van der Waals surface area contributed by atoms with Crippen molar-refractivity contribution in [1.29, 1.82) is 0 Å². The zero-order valence-electron chi connectivity index (χ0n) is 7.32. The molecule has 13 heavy (non-hydrogen) atoms. The molecule has 0 unspecified atom stereocenters. The predicted molar refractivity (Wildman–Crippen MR) is 54.7 cm³/mol. The first-order valence-corrected chi connectivity index (χ1v) is 5.13. The van der Waals surface area contributed by atoms with Gasteiger partial charge in [0.15, 0.2) is 0 Å². The molecular weight excluding hydrogens is 182 g/mol. The maximum Gasteiger partial charge on any atom is 0.210 e. The van der Waals surface area contributed by atoms with Gasteiger partial charge >= 0.3 is 0 Å². The van der Waals surface area contributed by atoms with Crippen molar-refractivity contribution >= 4 is 23.3 Å². The third kappa shape index (κ3) is 1.52. The number of hydrogen-bond acceptors (Lipinski definition) is 2. The monoisotopic (exact) mass is 193 g/mol. The summed E-state index contributed by atoms with van der Waals surface area (Å²) in [7, 11) is 0. The molecule has 0 saturated heterocycles. The molecule has 2 rings (SSSR count). The van der Waals surface area contributed by atoms with Gasteiger partial charge in [0.05, 0.1) is 0 Å². The van der Waals surface area contributed by atoms with Crippen LogP contribution < -0.4 is 0 Å². The van der Waals surface area contributed by atoms with Crippen LogP contribution in [0.15, 0.2) is 18.0 Å². The lowest BCUT2D eigenvalue weighted by Crippen LogP contribution is -2.23. The Balaban J connectivity index is 2.30. The van der Waals surface area contributed by atoms with Gasteiger partial charge in [-0.2, -0.15) is 0 Å². The molecule has 1 aliphatic heterocycles. The van der Waals surface area contributed by atoms with E-state index in [1.54, 1.807) is 16.2 Å². The highest BCUT2D eigenvalue weighted by atomic mass is 32.1. The lowest BCUT2D eigenvalue weighted by molar-refractivity contribution is -0.117. The Hall–Kier alpha value is -1.09. The maximum atomic E-state index is 10.6. The maximum absolute atomic E-state index is 10.6.